The van der Waals surface area contributed by atoms with Crippen molar-refractivity contribution in [2.45, 2.75) is 295 Å². The second kappa shape index (κ2) is 40.3. The molecule has 0 radical (unpaired) electrons. The van der Waals surface area contributed by atoms with Crippen LogP contribution in [0.1, 0.15) is 252 Å². The normalized spacial score (nSPS) is 19.8. The van der Waals surface area contributed by atoms with Crippen LogP contribution < -0.4 is 5.32 Å². The lowest BCUT2D eigenvalue weighted by Crippen LogP contribution is -2.65. The SMILES string of the molecule is CCCCCCCCCCCCCCCC(=O)O[C@H](CCCCCCCCCCC)CC(=O)N[C@H]1[C@@H](OP(=O)(O)O)O[C@H](CO)[C@@H](O)[C@@H]1OC(=O)C[C@H](O)CCCCCCCCCCC. The van der Waals surface area contributed by atoms with Gasteiger partial charge in [0.2, 0.25) is 5.91 Å². The number of hydrogen-bond donors (Lipinski definition) is 6. The van der Waals surface area contributed by atoms with Gasteiger partial charge < -0.3 is 44.6 Å². The Hall–Kier alpha value is -1.64. The van der Waals surface area contributed by atoms with Crippen LogP contribution in [-0.2, 0) is 37.7 Å². The van der Waals surface area contributed by atoms with E-state index in [0.29, 0.717) is 32.1 Å². The van der Waals surface area contributed by atoms with Crippen LogP contribution in [0.3, 0.4) is 0 Å². The van der Waals surface area contributed by atoms with Gasteiger partial charge in [-0.2, -0.15) is 0 Å². The lowest BCUT2D eigenvalue weighted by atomic mass is 9.96. The zero-order chi connectivity index (χ0) is 48.0. The standard InChI is InChI=1S/C50H96NO13P/c1-4-7-10-13-16-19-20-21-22-25-28-31-34-37-45(55)61-42(36-33-30-27-24-18-15-12-9-6-3)39-44(54)51-47-49(48(57)43(40-52)62-50(47)64-65(58,59)60)63-46(56)38-41(53)35-32-29-26-23-17-14-11-8-5-2/h41-43,47-50,52-53,57H,4-40H2,1-3H3,(H,51,54)(H2,58,59,60)/t41-,42-,43-,47-,48-,49-,50-/m1/s1. The Bertz CT molecular complexity index is 1220. The number of phosphoric acid groups is 1. The minimum absolute atomic E-state index is 0.222. The van der Waals surface area contributed by atoms with E-state index < -0.39 is 81.5 Å². The van der Waals surface area contributed by atoms with Crippen molar-refractivity contribution in [2.24, 2.45) is 0 Å². The monoisotopic (exact) mass is 950 g/mol. The van der Waals surface area contributed by atoms with Gasteiger partial charge in [-0.05, 0) is 25.7 Å². The summed E-state index contributed by atoms with van der Waals surface area (Å²) in [4.78, 5) is 59.5. The van der Waals surface area contributed by atoms with Gasteiger partial charge in [0.25, 0.3) is 0 Å². The number of amides is 1. The third-order valence-corrected chi connectivity index (χ3v) is 13.0. The van der Waals surface area contributed by atoms with Crippen molar-refractivity contribution in [1.82, 2.24) is 5.32 Å². The van der Waals surface area contributed by atoms with Crippen molar-refractivity contribution in [1.29, 1.82) is 0 Å². The molecule has 1 aliphatic heterocycles. The van der Waals surface area contributed by atoms with E-state index in [0.717, 1.165) is 64.2 Å². The third-order valence-electron chi connectivity index (χ3n) is 12.6. The molecule has 1 fully saturated rings. The first-order chi connectivity index (χ1) is 31.3. The number of aliphatic hydroxyl groups is 3. The van der Waals surface area contributed by atoms with Crippen LogP contribution in [0.2, 0.25) is 0 Å². The summed E-state index contributed by atoms with van der Waals surface area (Å²) in [6, 6.07) is -1.64. The predicted molar refractivity (Wildman–Crippen MR) is 256 cm³/mol. The van der Waals surface area contributed by atoms with Crippen molar-refractivity contribution in [3.05, 3.63) is 0 Å². The van der Waals surface area contributed by atoms with E-state index in [-0.39, 0.29) is 12.8 Å². The van der Waals surface area contributed by atoms with Gasteiger partial charge in [0.05, 0.1) is 25.6 Å². The minimum Gasteiger partial charge on any atom is -0.462 e. The lowest BCUT2D eigenvalue weighted by Gasteiger charge is -2.43. The highest BCUT2D eigenvalue weighted by atomic mass is 31.2. The Morgan fingerprint density at radius 1 is 0.600 bits per heavy atom. The number of carbonyl (C=O) groups is 3. The number of rotatable bonds is 44. The summed E-state index contributed by atoms with van der Waals surface area (Å²) >= 11 is 0. The number of phosphoric ester groups is 1. The van der Waals surface area contributed by atoms with Gasteiger partial charge >= 0.3 is 19.8 Å². The van der Waals surface area contributed by atoms with Crippen molar-refractivity contribution >= 4 is 25.7 Å². The van der Waals surface area contributed by atoms with Crippen LogP contribution in [0.4, 0.5) is 0 Å². The van der Waals surface area contributed by atoms with Gasteiger partial charge in [0.15, 0.2) is 12.4 Å². The largest absolute Gasteiger partial charge is 0.472 e. The van der Waals surface area contributed by atoms with Crippen molar-refractivity contribution in [2.75, 3.05) is 6.61 Å². The maximum absolute atomic E-state index is 13.8. The highest BCUT2D eigenvalue weighted by Crippen LogP contribution is 2.41. The summed E-state index contributed by atoms with van der Waals surface area (Å²) in [5.41, 5.74) is 0. The number of nitrogens with one attached hydrogen (secondary N) is 1. The number of hydrogen-bond acceptors (Lipinski definition) is 11. The quantitative estimate of drug-likeness (QED) is 0.0190. The fourth-order valence-corrected chi connectivity index (χ4v) is 9.09. The van der Waals surface area contributed by atoms with Crippen LogP contribution in [0, 0.1) is 0 Å². The molecule has 0 unspecified atom stereocenters. The molecule has 1 heterocycles. The molecule has 1 saturated heterocycles. The number of unbranched alkanes of at least 4 members (excludes halogenated alkanes) is 28. The summed E-state index contributed by atoms with van der Waals surface area (Å²) in [5, 5.41) is 34.4. The maximum atomic E-state index is 13.8. The van der Waals surface area contributed by atoms with Crippen LogP contribution in [-0.4, -0.2) is 92.4 Å². The second-order valence-electron chi connectivity index (χ2n) is 18.8. The first-order valence-electron chi connectivity index (χ1n) is 26.4. The zero-order valence-corrected chi connectivity index (χ0v) is 42.0. The minimum atomic E-state index is -5.28. The molecule has 0 aromatic rings. The number of carbonyl (C=O) groups excluding carboxylic acids is 3. The summed E-state index contributed by atoms with van der Waals surface area (Å²) < 4.78 is 33.9. The molecule has 384 valence electrons. The van der Waals surface area contributed by atoms with Crippen LogP contribution >= 0.6 is 7.82 Å². The molecule has 0 spiro atoms. The molecular formula is C50H96NO13P. The molecule has 0 bridgehead atoms. The zero-order valence-electron chi connectivity index (χ0n) is 41.2. The molecule has 14 nitrogen and oxygen atoms in total. The number of aliphatic hydroxyl groups excluding tert-OH is 3. The molecule has 0 aliphatic carbocycles. The van der Waals surface area contributed by atoms with Crippen molar-refractivity contribution in [3.8, 4) is 0 Å². The molecule has 6 N–H and O–H groups in total. The van der Waals surface area contributed by atoms with Crippen molar-refractivity contribution < 1.29 is 62.8 Å². The topological polar surface area (TPSA) is 218 Å². The summed E-state index contributed by atoms with van der Waals surface area (Å²) in [6.45, 7) is 5.79. The Morgan fingerprint density at radius 3 is 1.45 bits per heavy atom. The first-order valence-corrected chi connectivity index (χ1v) is 27.9. The average Bonchev–Trinajstić information content (AvgIpc) is 3.25. The van der Waals surface area contributed by atoms with E-state index in [2.05, 4.69) is 26.1 Å². The molecule has 1 aliphatic rings. The first kappa shape index (κ1) is 61.4. The maximum Gasteiger partial charge on any atom is 0.472 e. The Labute approximate surface area is 394 Å². The van der Waals surface area contributed by atoms with Gasteiger partial charge in [0.1, 0.15) is 24.4 Å². The van der Waals surface area contributed by atoms with Crippen molar-refractivity contribution in [3.63, 3.8) is 0 Å². The van der Waals surface area contributed by atoms with E-state index in [1.807, 2.05) is 0 Å². The molecule has 1 amide bonds. The Kier molecular flexibility index (Phi) is 38.0. The smallest absolute Gasteiger partial charge is 0.462 e. The Balaban J connectivity index is 2.90. The highest BCUT2D eigenvalue weighted by molar-refractivity contribution is 7.46. The summed E-state index contributed by atoms with van der Waals surface area (Å²) in [5.74, 6) is -2.04. The second-order valence-corrected chi connectivity index (χ2v) is 20.0. The van der Waals surface area contributed by atoms with Gasteiger partial charge in [0, 0.05) is 6.42 Å². The molecule has 15 heteroatoms. The van der Waals surface area contributed by atoms with E-state index >= 15 is 0 Å². The van der Waals surface area contributed by atoms with Gasteiger partial charge in [-0.15, -0.1) is 0 Å². The fourth-order valence-electron chi connectivity index (χ4n) is 8.64. The van der Waals surface area contributed by atoms with E-state index in [9.17, 15) is 44.1 Å². The molecule has 0 aromatic carbocycles. The molecule has 1 rings (SSSR count). The van der Waals surface area contributed by atoms with Crippen LogP contribution in [0.25, 0.3) is 0 Å². The number of ether oxygens (including phenoxy) is 3. The summed E-state index contributed by atoms with van der Waals surface area (Å²) in [7, 11) is -5.28. The van der Waals surface area contributed by atoms with E-state index in [4.69, 9.17) is 18.7 Å². The van der Waals surface area contributed by atoms with Gasteiger partial charge in [-0.25, -0.2) is 4.57 Å². The fraction of sp³-hybridized carbons (Fsp3) is 0.940. The van der Waals surface area contributed by atoms with E-state index in [1.54, 1.807) is 0 Å². The molecule has 65 heavy (non-hydrogen) atoms. The molecule has 0 saturated carbocycles. The average molecular weight is 950 g/mol. The van der Waals surface area contributed by atoms with Gasteiger partial charge in [-0.1, -0.05) is 207 Å². The van der Waals surface area contributed by atoms with Gasteiger partial charge in [-0.3, -0.25) is 18.9 Å². The van der Waals surface area contributed by atoms with Crippen LogP contribution in [0.5, 0.6) is 0 Å². The Morgan fingerprint density at radius 2 is 1.02 bits per heavy atom. The molecular weight excluding hydrogens is 854 g/mol. The highest BCUT2D eigenvalue weighted by Gasteiger charge is 2.50. The molecule has 0 aromatic heterocycles. The predicted octanol–water partition coefficient (Wildman–Crippen LogP) is 10.9. The summed E-state index contributed by atoms with van der Waals surface area (Å²) in [6.07, 6.45) is 26.5. The lowest BCUT2D eigenvalue weighted by molar-refractivity contribution is -0.254. The van der Waals surface area contributed by atoms with Crippen LogP contribution in [0.15, 0.2) is 0 Å². The van der Waals surface area contributed by atoms with E-state index in [1.165, 1.54) is 116 Å². The number of esters is 2. The molecule has 7 atom stereocenters. The third kappa shape index (κ3) is 33.5.